The number of hydrogen-bond acceptors (Lipinski definition) is 3. The molecule has 1 unspecified atom stereocenters. The van der Waals surface area contributed by atoms with Crippen LogP contribution >= 0.6 is 0 Å². The third kappa shape index (κ3) is 2.57. The fourth-order valence-electron chi connectivity index (χ4n) is 1.07. The Hall–Kier alpha value is -1.87. The van der Waals surface area contributed by atoms with Gasteiger partial charge in [-0.3, -0.25) is 4.98 Å². The molecule has 1 heterocycles. The van der Waals surface area contributed by atoms with Crippen LogP contribution in [0.2, 0.25) is 0 Å². The second-order valence-corrected chi connectivity index (χ2v) is 2.63. The van der Waals surface area contributed by atoms with E-state index < -0.39 is 0 Å². The van der Waals surface area contributed by atoms with Crippen LogP contribution in [-0.2, 0) is 0 Å². The van der Waals surface area contributed by atoms with Crippen LogP contribution in [0.5, 0.6) is 0 Å². The molecule has 13 heavy (non-hydrogen) atoms. The molecule has 3 heteroatoms. The number of nitrogens with zero attached hydrogens (tertiary/aromatic N) is 3. The van der Waals surface area contributed by atoms with Gasteiger partial charge in [-0.2, -0.15) is 10.5 Å². The maximum atomic E-state index is 8.81. The Balaban J connectivity index is 2.70. The molecule has 0 radical (unpaired) electrons. The zero-order chi connectivity index (χ0) is 9.52. The van der Waals surface area contributed by atoms with Crippen molar-refractivity contribution in [3.05, 3.63) is 30.1 Å². The number of rotatable bonds is 3. The molecule has 0 saturated carbocycles. The fraction of sp³-hybridized carbons (Fsp3) is 0.300. The summed E-state index contributed by atoms with van der Waals surface area (Å²) in [6.07, 6.45) is 2.62. The third-order valence-electron chi connectivity index (χ3n) is 1.75. The van der Waals surface area contributed by atoms with Gasteiger partial charge < -0.3 is 0 Å². The zero-order valence-corrected chi connectivity index (χ0v) is 7.14. The quantitative estimate of drug-likeness (QED) is 0.698. The number of pyridine rings is 1. The van der Waals surface area contributed by atoms with Crippen LogP contribution < -0.4 is 0 Å². The summed E-state index contributed by atoms with van der Waals surface area (Å²) in [5.41, 5.74) is 0.750. The second kappa shape index (κ2) is 4.90. The highest BCUT2D eigenvalue weighted by Gasteiger charge is 2.10. The first-order valence-corrected chi connectivity index (χ1v) is 4.06. The molecule has 1 rings (SSSR count). The van der Waals surface area contributed by atoms with Gasteiger partial charge in [-0.1, -0.05) is 6.07 Å². The third-order valence-corrected chi connectivity index (χ3v) is 1.75. The smallest absolute Gasteiger partial charge is 0.0894 e. The van der Waals surface area contributed by atoms with Crippen LogP contribution in [0.15, 0.2) is 24.4 Å². The average Bonchev–Trinajstić information content (AvgIpc) is 2.21. The number of hydrogen-bond donors (Lipinski definition) is 0. The standard InChI is InChI=1S/C10H9N3/c11-6-3-4-9(8-12)10-5-1-2-7-13-10/h1-2,5,7,9H,3-4H2. The second-order valence-electron chi connectivity index (χ2n) is 2.63. The summed E-state index contributed by atoms with van der Waals surface area (Å²) in [6, 6.07) is 9.63. The fourth-order valence-corrected chi connectivity index (χ4v) is 1.07. The Kier molecular flexibility index (Phi) is 3.47. The highest BCUT2D eigenvalue weighted by molar-refractivity contribution is 5.16. The van der Waals surface area contributed by atoms with Crippen molar-refractivity contribution < 1.29 is 0 Å². The molecule has 0 N–H and O–H groups in total. The lowest BCUT2D eigenvalue weighted by Crippen LogP contribution is -1.97. The van der Waals surface area contributed by atoms with E-state index in [-0.39, 0.29) is 5.92 Å². The van der Waals surface area contributed by atoms with Crippen molar-refractivity contribution in [3.63, 3.8) is 0 Å². The molecule has 0 fully saturated rings. The Morgan fingerprint density at radius 1 is 1.38 bits per heavy atom. The number of nitriles is 2. The average molecular weight is 171 g/mol. The number of aromatic nitrogens is 1. The van der Waals surface area contributed by atoms with E-state index in [4.69, 9.17) is 10.5 Å². The first-order valence-electron chi connectivity index (χ1n) is 4.06. The van der Waals surface area contributed by atoms with Gasteiger partial charge in [0.05, 0.1) is 23.8 Å². The van der Waals surface area contributed by atoms with E-state index in [1.165, 1.54) is 0 Å². The highest BCUT2D eigenvalue weighted by Crippen LogP contribution is 2.17. The highest BCUT2D eigenvalue weighted by atomic mass is 14.7. The molecule has 0 aliphatic heterocycles. The van der Waals surface area contributed by atoms with Crippen LogP contribution in [-0.4, -0.2) is 4.98 Å². The van der Waals surface area contributed by atoms with Gasteiger partial charge in [-0.25, -0.2) is 0 Å². The lowest BCUT2D eigenvalue weighted by Gasteiger charge is -2.04. The first kappa shape index (κ1) is 9.22. The molecule has 1 atom stereocenters. The summed E-state index contributed by atoms with van der Waals surface area (Å²) in [5.74, 6) is -0.249. The normalized spacial score (nSPS) is 11.2. The van der Waals surface area contributed by atoms with Gasteiger partial charge in [-0.05, 0) is 18.6 Å². The zero-order valence-electron chi connectivity index (χ0n) is 7.14. The molecule has 0 aromatic carbocycles. The van der Waals surface area contributed by atoms with Gasteiger partial charge in [0.1, 0.15) is 0 Å². The van der Waals surface area contributed by atoms with Gasteiger partial charge >= 0.3 is 0 Å². The SMILES string of the molecule is N#CCCC(C#N)c1ccccn1. The Labute approximate surface area is 77.3 Å². The van der Waals surface area contributed by atoms with Gasteiger partial charge in [0, 0.05) is 12.6 Å². The van der Waals surface area contributed by atoms with E-state index in [0.29, 0.717) is 12.8 Å². The van der Waals surface area contributed by atoms with Crippen LogP contribution in [0.25, 0.3) is 0 Å². The van der Waals surface area contributed by atoms with Crippen molar-refractivity contribution in [2.45, 2.75) is 18.8 Å². The minimum Gasteiger partial charge on any atom is -0.260 e. The Morgan fingerprint density at radius 3 is 2.77 bits per heavy atom. The van der Waals surface area contributed by atoms with Crippen molar-refractivity contribution in [3.8, 4) is 12.1 Å². The molecular formula is C10H9N3. The molecule has 64 valence electrons. The van der Waals surface area contributed by atoms with Crippen LogP contribution in [0, 0.1) is 22.7 Å². The van der Waals surface area contributed by atoms with E-state index in [1.807, 2.05) is 24.3 Å². The maximum Gasteiger partial charge on any atom is 0.0894 e. The summed E-state index contributed by atoms with van der Waals surface area (Å²) >= 11 is 0. The summed E-state index contributed by atoms with van der Waals surface area (Å²) < 4.78 is 0. The summed E-state index contributed by atoms with van der Waals surface area (Å²) in [6.45, 7) is 0. The van der Waals surface area contributed by atoms with Gasteiger partial charge in [-0.15, -0.1) is 0 Å². The van der Waals surface area contributed by atoms with E-state index in [1.54, 1.807) is 6.20 Å². The summed E-state index contributed by atoms with van der Waals surface area (Å²) in [5, 5.41) is 17.2. The molecule has 0 aliphatic rings. The predicted octanol–water partition coefficient (Wildman–Crippen LogP) is 1.99. The molecule has 0 amide bonds. The van der Waals surface area contributed by atoms with E-state index in [9.17, 15) is 0 Å². The Bertz CT molecular complexity index is 331. The Morgan fingerprint density at radius 2 is 2.23 bits per heavy atom. The van der Waals surface area contributed by atoms with E-state index in [2.05, 4.69) is 11.1 Å². The van der Waals surface area contributed by atoms with E-state index >= 15 is 0 Å². The first-order chi connectivity index (χ1) is 6.38. The summed E-state index contributed by atoms with van der Waals surface area (Å²) in [7, 11) is 0. The van der Waals surface area contributed by atoms with Crippen molar-refractivity contribution in [1.82, 2.24) is 4.98 Å². The molecule has 0 spiro atoms. The summed E-state index contributed by atoms with van der Waals surface area (Å²) in [4.78, 5) is 4.07. The minimum absolute atomic E-state index is 0.249. The minimum atomic E-state index is -0.249. The van der Waals surface area contributed by atoms with Gasteiger partial charge in [0.15, 0.2) is 0 Å². The molecular weight excluding hydrogens is 162 g/mol. The predicted molar refractivity (Wildman–Crippen MR) is 47.4 cm³/mol. The lowest BCUT2D eigenvalue weighted by atomic mass is 10.0. The largest absolute Gasteiger partial charge is 0.260 e. The van der Waals surface area contributed by atoms with Crippen molar-refractivity contribution in [2.75, 3.05) is 0 Å². The van der Waals surface area contributed by atoms with E-state index in [0.717, 1.165) is 5.69 Å². The van der Waals surface area contributed by atoms with Crippen LogP contribution in [0.3, 0.4) is 0 Å². The lowest BCUT2D eigenvalue weighted by molar-refractivity contribution is 0.744. The molecule has 3 nitrogen and oxygen atoms in total. The molecule has 0 bridgehead atoms. The maximum absolute atomic E-state index is 8.81. The molecule has 0 saturated heterocycles. The van der Waals surface area contributed by atoms with Crippen molar-refractivity contribution in [2.24, 2.45) is 0 Å². The molecule has 1 aromatic heterocycles. The van der Waals surface area contributed by atoms with Crippen molar-refractivity contribution in [1.29, 1.82) is 10.5 Å². The topological polar surface area (TPSA) is 60.5 Å². The van der Waals surface area contributed by atoms with Crippen LogP contribution in [0.1, 0.15) is 24.5 Å². The van der Waals surface area contributed by atoms with Gasteiger partial charge in [0.2, 0.25) is 0 Å². The van der Waals surface area contributed by atoms with Crippen molar-refractivity contribution >= 4 is 0 Å². The van der Waals surface area contributed by atoms with Crippen LogP contribution in [0.4, 0.5) is 0 Å². The molecule has 0 aliphatic carbocycles. The van der Waals surface area contributed by atoms with Gasteiger partial charge in [0.25, 0.3) is 0 Å². The molecule has 1 aromatic rings. The monoisotopic (exact) mass is 171 g/mol.